The van der Waals surface area contributed by atoms with Gasteiger partial charge in [-0.25, -0.2) is 0 Å². The molecule has 1 fully saturated rings. The predicted octanol–water partition coefficient (Wildman–Crippen LogP) is 3.18. The van der Waals surface area contributed by atoms with Gasteiger partial charge in [0, 0.05) is 38.6 Å². The monoisotopic (exact) mass is 512 g/mol. The van der Waals surface area contributed by atoms with Gasteiger partial charge in [0.05, 0.1) is 13.2 Å². The van der Waals surface area contributed by atoms with Crippen LogP contribution in [0.25, 0.3) is 0 Å². The fourth-order valence-corrected chi connectivity index (χ4v) is 3.43. The highest BCUT2D eigenvalue weighted by molar-refractivity contribution is 14.0. The van der Waals surface area contributed by atoms with Gasteiger partial charge in [0.1, 0.15) is 12.7 Å². The van der Waals surface area contributed by atoms with Gasteiger partial charge in [-0.15, -0.1) is 34.2 Å². The zero-order valence-electron chi connectivity index (χ0n) is 17.2. The molecular weight excluding hydrogens is 479 g/mol. The molecule has 1 aromatic carbocycles. The average molecular weight is 512 g/mol. The summed E-state index contributed by atoms with van der Waals surface area (Å²) in [7, 11) is 0. The van der Waals surface area contributed by atoms with E-state index in [-0.39, 0.29) is 24.0 Å². The molecule has 160 valence electrons. The van der Waals surface area contributed by atoms with E-state index < -0.39 is 0 Å². The minimum atomic E-state index is 0. The Labute approximate surface area is 191 Å². The van der Waals surface area contributed by atoms with Crippen LogP contribution in [0.15, 0.2) is 48.0 Å². The van der Waals surface area contributed by atoms with Gasteiger partial charge in [0.15, 0.2) is 5.96 Å². The molecule has 0 spiro atoms. The van der Waals surface area contributed by atoms with Crippen LogP contribution in [0.1, 0.15) is 31.7 Å². The first-order chi connectivity index (χ1) is 13.8. The maximum Gasteiger partial charge on any atom is 0.193 e. The second kappa shape index (κ2) is 13.5. The number of nitrogens with zero attached hydrogens (tertiary/aromatic N) is 5. The van der Waals surface area contributed by atoms with Crippen molar-refractivity contribution in [3.63, 3.8) is 0 Å². The third-order valence-corrected chi connectivity index (χ3v) is 4.94. The number of likely N-dealkylation sites (tertiary alicyclic amines) is 1. The Hall–Kier alpha value is -1.68. The van der Waals surface area contributed by atoms with Gasteiger partial charge >= 0.3 is 0 Å². The Morgan fingerprint density at radius 1 is 1.21 bits per heavy atom. The topological polar surface area (TPSA) is 67.6 Å². The van der Waals surface area contributed by atoms with Crippen molar-refractivity contribution in [3.8, 4) is 0 Å². The van der Waals surface area contributed by atoms with E-state index in [1.807, 2.05) is 10.6 Å². The van der Waals surface area contributed by atoms with Crippen LogP contribution in [-0.2, 0) is 17.9 Å². The quantitative estimate of drug-likeness (QED) is 0.229. The number of aromatic nitrogens is 3. The fraction of sp³-hybridized carbons (Fsp3) is 0.571. The molecule has 2 aromatic rings. The lowest BCUT2D eigenvalue weighted by Gasteiger charge is -2.21. The van der Waals surface area contributed by atoms with Gasteiger partial charge in [-0.05, 0) is 31.7 Å². The maximum absolute atomic E-state index is 5.94. The second-order valence-electron chi connectivity index (χ2n) is 7.24. The van der Waals surface area contributed by atoms with E-state index in [0.717, 1.165) is 64.6 Å². The highest BCUT2D eigenvalue weighted by Crippen LogP contribution is 2.17. The maximum atomic E-state index is 5.94. The van der Waals surface area contributed by atoms with Crippen molar-refractivity contribution in [2.45, 2.75) is 39.3 Å². The summed E-state index contributed by atoms with van der Waals surface area (Å²) in [4.78, 5) is 7.20. The summed E-state index contributed by atoms with van der Waals surface area (Å²) in [5, 5.41) is 11.1. The molecule has 1 unspecified atom stereocenters. The number of benzene rings is 1. The van der Waals surface area contributed by atoms with Crippen LogP contribution in [0, 0.1) is 5.92 Å². The van der Waals surface area contributed by atoms with E-state index in [1.165, 1.54) is 5.56 Å². The molecule has 1 aromatic heterocycles. The standard InChI is InChI=1S/C21H32N6O.HI/c1-2-22-21(23-11-6-7-12-26-17-24-25-18-26)27-13-10-20(14-27)16-28-15-19-8-4-3-5-9-19;/h3-5,8-9,17-18,20H,2,6-7,10-16H2,1H3,(H,22,23);1H. The molecule has 8 heteroatoms. The van der Waals surface area contributed by atoms with Crippen molar-refractivity contribution in [3.05, 3.63) is 48.5 Å². The first-order valence-electron chi connectivity index (χ1n) is 10.3. The first-order valence-corrected chi connectivity index (χ1v) is 10.3. The number of hydrogen-bond donors (Lipinski definition) is 1. The summed E-state index contributed by atoms with van der Waals surface area (Å²) in [5.74, 6) is 1.61. The molecule has 0 aliphatic carbocycles. The lowest BCUT2D eigenvalue weighted by Crippen LogP contribution is -2.40. The SMILES string of the molecule is CCNC(=NCCCCn1cnnc1)N1CCC(COCc2ccccc2)C1.I. The van der Waals surface area contributed by atoms with Crippen LogP contribution in [0.2, 0.25) is 0 Å². The normalized spacial score (nSPS) is 16.7. The van der Waals surface area contributed by atoms with Gasteiger partial charge in [0.25, 0.3) is 0 Å². The summed E-state index contributed by atoms with van der Waals surface area (Å²) < 4.78 is 7.95. The Bertz CT molecular complexity index is 694. The Morgan fingerprint density at radius 3 is 2.76 bits per heavy atom. The van der Waals surface area contributed by atoms with Crippen molar-refractivity contribution in [2.24, 2.45) is 10.9 Å². The van der Waals surface area contributed by atoms with Crippen molar-refractivity contribution in [1.82, 2.24) is 25.0 Å². The Morgan fingerprint density at radius 2 is 2.00 bits per heavy atom. The van der Waals surface area contributed by atoms with Crippen LogP contribution >= 0.6 is 24.0 Å². The molecule has 2 heterocycles. The number of aryl methyl sites for hydroxylation is 1. The fourth-order valence-electron chi connectivity index (χ4n) is 3.43. The highest BCUT2D eigenvalue weighted by Gasteiger charge is 2.24. The largest absolute Gasteiger partial charge is 0.376 e. The number of unbranched alkanes of at least 4 members (excludes halogenated alkanes) is 1. The molecule has 1 N–H and O–H groups in total. The van der Waals surface area contributed by atoms with Gasteiger partial charge in [-0.1, -0.05) is 30.3 Å². The molecule has 1 aliphatic heterocycles. The van der Waals surface area contributed by atoms with E-state index >= 15 is 0 Å². The van der Waals surface area contributed by atoms with E-state index in [9.17, 15) is 0 Å². The van der Waals surface area contributed by atoms with Crippen molar-refractivity contribution in [2.75, 3.05) is 32.8 Å². The smallest absolute Gasteiger partial charge is 0.193 e. The minimum Gasteiger partial charge on any atom is -0.376 e. The van der Waals surface area contributed by atoms with Crippen LogP contribution in [0.3, 0.4) is 0 Å². The summed E-state index contributed by atoms with van der Waals surface area (Å²) >= 11 is 0. The number of rotatable bonds is 10. The number of aliphatic imine (C=N–C) groups is 1. The molecule has 0 saturated carbocycles. The molecule has 0 bridgehead atoms. The molecule has 0 radical (unpaired) electrons. The third-order valence-electron chi connectivity index (χ3n) is 4.94. The van der Waals surface area contributed by atoms with Crippen LogP contribution in [0.4, 0.5) is 0 Å². The van der Waals surface area contributed by atoms with Gasteiger partial charge in [0.2, 0.25) is 0 Å². The zero-order valence-corrected chi connectivity index (χ0v) is 19.6. The van der Waals surface area contributed by atoms with E-state index in [4.69, 9.17) is 9.73 Å². The molecule has 1 aliphatic rings. The lowest BCUT2D eigenvalue weighted by atomic mass is 10.1. The Kier molecular flexibility index (Phi) is 11.0. The minimum absolute atomic E-state index is 0. The lowest BCUT2D eigenvalue weighted by molar-refractivity contribution is 0.0907. The number of halogens is 1. The molecule has 1 saturated heterocycles. The third kappa shape index (κ3) is 8.30. The Balaban J connectivity index is 0.00000300. The first kappa shape index (κ1) is 23.6. The van der Waals surface area contributed by atoms with Gasteiger partial charge < -0.3 is 19.5 Å². The van der Waals surface area contributed by atoms with Crippen molar-refractivity contribution in [1.29, 1.82) is 0 Å². The number of hydrogen-bond acceptors (Lipinski definition) is 4. The average Bonchev–Trinajstić information content (AvgIpc) is 3.40. The summed E-state index contributed by atoms with van der Waals surface area (Å²) in [5.41, 5.74) is 1.23. The number of guanidine groups is 1. The van der Waals surface area contributed by atoms with E-state index in [1.54, 1.807) is 12.7 Å². The van der Waals surface area contributed by atoms with Crippen LogP contribution < -0.4 is 5.32 Å². The highest BCUT2D eigenvalue weighted by atomic mass is 127. The van der Waals surface area contributed by atoms with Gasteiger partial charge in [-0.2, -0.15) is 0 Å². The van der Waals surface area contributed by atoms with Crippen molar-refractivity contribution >= 4 is 29.9 Å². The van der Waals surface area contributed by atoms with E-state index in [2.05, 4.69) is 51.6 Å². The summed E-state index contributed by atoms with van der Waals surface area (Å²) in [6, 6.07) is 10.4. The van der Waals surface area contributed by atoms with E-state index in [0.29, 0.717) is 12.5 Å². The summed E-state index contributed by atoms with van der Waals surface area (Å²) in [6.45, 7) is 8.37. The van der Waals surface area contributed by atoms with Gasteiger partial charge in [-0.3, -0.25) is 4.99 Å². The van der Waals surface area contributed by atoms with Crippen LogP contribution in [-0.4, -0.2) is 58.4 Å². The number of ether oxygens (including phenoxy) is 1. The molecule has 1 atom stereocenters. The van der Waals surface area contributed by atoms with Crippen LogP contribution in [0.5, 0.6) is 0 Å². The molecule has 0 amide bonds. The predicted molar refractivity (Wildman–Crippen MR) is 126 cm³/mol. The number of nitrogens with one attached hydrogen (secondary N) is 1. The molecular formula is C21H33IN6O. The molecule has 3 rings (SSSR count). The second-order valence-corrected chi connectivity index (χ2v) is 7.24. The molecule has 29 heavy (non-hydrogen) atoms. The molecule has 7 nitrogen and oxygen atoms in total. The summed E-state index contributed by atoms with van der Waals surface area (Å²) in [6.07, 6.45) is 6.82. The van der Waals surface area contributed by atoms with Crippen molar-refractivity contribution < 1.29 is 4.74 Å². The zero-order chi connectivity index (χ0) is 19.4.